The number of hydrogen-bond donors (Lipinski definition) is 1. The molecule has 0 saturated heterocycles. The summed E-state index contributed by atoms with van der Waals surface area (Å²) in [4.78, 5) is 38.7. The molecule has 7 nitrogen and oxygen atoms in total. The Bertz CT molecular complexity index is 1290. The molecule has 3 heterocycles. The summed E-state index contributed by atoms with van der Waals surface area (Å²) in [7, 11) is 0. The lowest BCUT2D eigenvalue weighted by Crippen LogP contribution is -2.22. The largest absolute Gasteiger partial charge is 0.454 e. The van der Waals surface area contributed by atoms with Gasteiger partial charge in [-0.05, 0) is 44.5 Å². The lowest BCUT2D eigenvalue weighted by atomic mass is 10.2. The minimum absolute atomic E-state index is 0.0612. The average molecular weight is 431 g/mol. The van der Waals surface area contributed by atoms with Crippen LogP contribution in [0.4, 0.5) is 0 Å². The smallest absolute Gasteiger partial charge is 0.308 e. The average Bonchev–Trinajstić information content (AvgIpc) is 3.22. The second-order valence-electron chi connectivity index (χ2n) is 6.87. The number of esters is 1. The highest BCUT2D eigenvalue weighted by Gasteiger charge is 2.17. The lowest BCUT2D eigenvalue weighted by molar-refractivity contribution is -0.149. The van der Waals surface area contributed by atoms with Gasteiger partial charge in [0.2, 0.25) is 0 Å². The zero-order valence-electron chi connectivity index (χ0n) is 16.2. The van der Waals surface area contributed by atoms with Crippen LogP contribution in [0.1, 0.15) is 35.7 Å². The van der Waals surface area contributed by atoms with Gasteiger partial charge in [-0.25, -0.2) is 9.97 Å². The summed E-state index contributed by atoms with van der Waals surface area (Å²) in [6, 6.07) is 5.33. The maximum Gasteiger partial charge on any atom is 0.308 e. The lowest BCUT2D eigenvalue weighted by Gasteiger charge is -2.11. The van der Waals surface area contributed by atoms with Gasteiger partial charge in [-0.1, -0.05) is 11.6 Å². The van der Waals surface area contributed by atoms with E-state index in [1.54, 1.807) is 25.1 Å². The van der Waals surface area contributed by atoms with E-state index in [1.165, 1.54) is 22.2 Å². The summed E-state index contributed by atoms with van der Waals surface area (Å²) in [6.45, 7) is 5.83. The van der Waals surface area contributed by atoms with Crippen LogP contribution in [0.2, 0.25) is 5.02 Å². The maximum atomic E-state index is 12.7. The van der Waals surface area contributed by atoms with Crippen LogP contribution in [0.25, 0.3) is 21.3 Å². The van der Waals surface area contributed by atoms with E-state index in [-0.39, 0.29) is 18.5 Å². The van der Waals surface area contributed by atoms with E-state index in [2.05, 4.69) is 15.0 Å². The molecule has 0 aliphatic rings. The molecule has 0 fully saturated rings. The number of rotatable bonds is 5. The van der Waals surface area contributed by atoms with Crippen LogP contribution in [-0.4, -0.2) is 25.5 Å². The second-order valence-corrected chi connectivity index (χ2v) is 8.51. The predicted molar refractivity (Wildman–Crippen MR) is 114 cm³/mol. The molecule has 1 N–H and O–H groups in total. The van der Waals surface area contributed by atoms with E-state index >= 15 is 0 Å². The number of fused-ring (bicyclic) bond motifs is 2. The number of carbonyl (C=O) groups excluding carboxylic acids is 1. The molecule has 0 bridgehead atoms. The van der Waals surface area contributed by atoms with Gasteiger partial charge in [0.1, 0.15) is 10.7 Å². The van der Waals surface area contributed by atoms with Gasteiger partial charge in [-0.15, -0.1) is 11.3 Å². The Kier molecular flexibility index (Phi) is 5.14. The van der Waals surface area contributed by atoms with Crippen molar-refractivity contribution in [3.63, 3.8) is 0 Å². The number of nitrogens with zero attached hydrogens (tertiary/aromatic N) is 3. The third-order valence-electron chi connectivity index (χ3n) is 4.87. The number of hydrogen-bond acceptors (Lipinski definition) is 6. The monoisotopic (exact) mass is 430 g/mol. The Labute approximate surface area is 175 Å². The molecule has 1 atom stereocenters. The van der Waals surface area contributed by atoms with Crippen LogP contribution in [-0.2, 0) is 16.1 Å². The molecule has 9 heteroatoms. The van der Waals surface area contributed by atoms with E-state index in [0.29, 0.717) is 16.2 Å². The van der Waals surface area contributed by atoms with Gasteiger partial charge in [0.25, 0.3) is 5.56 Å². The highest BCUT2D eigenvalue weighted by Crippen LogP contribution is 2.25. The zero-order chi connectivity index (χ0) is 20.7. The van der Waals surface area contributed by atoms with Crippen LogP contribution in [0.3, 0.4) is 0 Å². The van der Waals surface area contributed by atoms with E-state index < -0.39 is 12.1 Å². The quantitative estimate of drug-likeness (QED) is 0.477. The summed E-state index contributed by atoms with van der Waals surface area (Å²) in [5.41, 5.74) is 2.34. The molecule has 0 spiro atoms. The molecule has 1 unspecified atom stereocenters. The van der Waals surface area contributed by atoms with Crippen LogP contribution in [0.5, 0.6) is 0 Å². The third kappa shape index (κ3) is 3.77. The molecule has 3 aromatic heterocycles. The van der Waals surface area contributed by atoms with E-state index in [1.807, 2.05) is 13.8 Å². The number of thiophene rings is 1. The first-order chi connectivity index (χ1) is 13.8. The topological polar surface area (TPSA) is 89.9 Å². The first-order valence-electron chi connectivity index (χ1n) is 9.13. The fourth-order valence-electron chi connectivity index (χ4n) is 3.15. The van der Waals surface area contributed by atoms with Crippen molar-refractivity contribution in [3.8, 4) is 0 Å². The summed E-state index contributed by atoms with van der Waals surface area (Å²) in [5, 5.41) is 1.22. The Balaban J connectivity index is 1.44. The van der Waals surface area contributed by atoms with Gasteiger partial charge in [0.05, 0.1) is 29.2 Å². The van der Waals surface area contributed by atoms with Crippen molar-refractivity contribution in [3.05, 3.63) is 56.2 Å². The van der Waals surface area contributed by atoms with Gasteiger partial charge >= 0.3 is 5.97 Å². The van der Waals surface area contributed by atoms with Crippen molar-refractivity contribution in [2.45, 2.75) is 39.8 Å². The van der Waals surface area contributed by atoms with Gasteiger partial charge in [0, 0.05) is 16.4 Å². The van der Waals surface area contributed by atoms with Crippen LogP contribution in [0, 0.1) is 13.8 Å². The second kappa shape index (κ2) is 7.61. The fourth-order valence-corrected chi connectivity index (χ4v) is 4.31. The summed E-state index contributed by atoms with van der Waals surface area (Å²) < 4.78 is 6.93. The van der Waals surface area contributed by atoms with Crippen molar-refractivity contribution < 1.29 is 9.53 Å². The number of halogens is 1. The van der Waals surface area contributed by atoms with Crippen molar-refractivity contribution >= 4 is 50.2 Å². The molecule has 4 aromatic rings. The van der Waals surface area contributed by atoms with Crippen molar-refractivity contribution in [1.29, 1.82) is 0 Å². The number of aromatic nitrogens is 4. The number of imidazole rings is 1. The Morgan fingerprint density at radius 2 is 2.17 bits per heavy atom. The number of aromatic amines is 1. The zero-order valence-corrected chi connectivity index (χ0v) is 17.7. The van der Waals surface area contributed by atoms with E-state index in [9.17, 15) is 9.59 Å². The number of carbonyl (C=O) groups is 1. The molecule has 150 valence electrons. The Hall–Kier alpha value is -2.71. The van der Waals surface area contributed by atoms with Crippen LogP contribution >= 0.6 is 22.9 Å². The van der Waals surface area contributed by atoms with Gasteiger partial charge in [-0.2, -0.15) is 0 Å². The molecular weight excluding hydrogens is 412 g/mol. The summed E-state index contributed by atoms with van der Waals surface area (Å²) >= 11 is 7.49. The highest BCUT2D eigenvalue weighted by molar-refractivity contribution is 7.18. The van der Waals surface area contributed by atoms with E-state index in [0.717, 1.165) is 26.3 Å². The number of ether oxygens (including phenoxy) is 1. The molecule has 1 aromatic carbocycles. The van der Waals surface area contributed by atoms with Crippen LogP contribution < -0.4 is 5.56 Å². The maximum absolute atomic E-state index is 12.7. The molecule has 0 aliphatic heterocycles. The van der Waals surface area contributed by atoms with Gasteiger partial charge in [-0.3, -0.25) is 14.2 Å². The van der Waals surface area contributed by atoms with Crippen molar-refractivity contribution in [1.82, 2.24) is 19.5 Å². The number of aryl methyl sites for hydroxylation is 3. The van der Waals surface area contributed by atoms with Crippen molar-refractivity contribution in [2.24, 2.45) is 0 Å². The Morgan fingerprint density at radius 3 is 2.97 bits per heavy atom. The minimum atomic E-state index is -0.548. The molecule has 0 saturated carbocycles. The molecule has 0 amide bonds. The van der Waals surface area contributed by atoms with Gasteiger partial charge in [0.15, 0.2) is 6.10 Å². The predicted octanol–water partition coefficient (Wildman–Crippen LogP) is 4.30. The number of H-pyrrole nitrogens is 1. The summed E-state index contributed by atoms with van der Waals surface area (Å²) in [6.07, 6.45) is 0.999. The molecule has 0 aliphatic carbocycles. The number of benzene rings is 1. The molecule has 4 rings (SSSR count). The fraction of sp³-hybridized carbons (Fsp3) is 0.300. The van der Waals surface area contributed by atoms with E-state index in [4.69, 9.17) is 16.3 Å². The first kappa shape index (κ1) is 19.6. The Morgan fingerprint density at radius 1 is 1.38 bits per heavy atom. The molecular formula is C20H19ClN4O3S. The SMILES string of the molecule is Cc1sc2ncn(CCC(=O)OC(C)c3nc4ccc(Cl)cc4[nH]3)c(=O)c2c1C. The molecule has 0 radical (unpaired) electrons. The number of nitrogens with one attached hydrogen (secondary N) is 1. The van der Waals surface area contributed by atoms with Gasteiger partial charge < -0.3 is 9.72 Å². The highest BCUT2D eigenvalue weighted by atomic mass is 35.5. The summed E-state index contributed by atoms with van der Waals surface area (Å²) in [5.74, 6) is 0.126. The minimum Gasteiger partial charge on any atom is -0.454 e. The third-order valence-corrected chi connectivity index (χ3v) is 6.22. The standard InChI is InChI=1S/C20H19ClN4O3S/c1-10-12(3)29-19-17(10)20(27)25(9-22-19)7-6-16(26)28-11(2)18-23-14-5-4-13(21)8-15(14)24-18/h4-5,8-9,11H,6-7H2,1-3H3,(H,23,24). The van der Waals surface area contributed by atoms with Crippen LogP contribution in [0.15, 0.2) is 29.3 Å². The van der Waals surface area contributed by atoms with Crippen molar-refractivity contribution in [2.75, 3.05) is 0 Å². The first-order valence-corrected chi connectivity index (χ1v) is 10.3. The normalized spacial score (nSPS) is 12.6. The molecule has 29 heavy (non-hydrogen) atoms.